The van der Waals surface area contributed by atoms with Gasteiger partial charge in [0.25, 0.3) is 0 Å². The SMILES string of the molecule is CC1(C)OCC(NCC2(CO)CCCC2)CO1. The summed E-state index contributed by atoms with van der Waals surface area (Å²) in [6.07, 6.45) is 4.76. The highest BCUT2D eigenvalue weighted by molar-refractivity contribution is 4.87. The summed E-state index contributed by atoms with van der Waals surface area (Å²) >= 11 is 0. The quantitative estimate of drug-likeness (QED) is 0.781. The molecule has 1 saturated carbocycles. The minimum atomic E-state index is -0.444. The molecule has 100 valence electrons. The molecule has 1 saturated heterocycles. The Morgan fingerprint density at radius 3 is 2.29 bits per heavy atom. The van der Waals surface area contributed by atoms with Crippen LogP contribution in [0.25, 0.3) is 0 Å². The standard InChI is InChI=1S/C13H25NO3/c1-12(2)16-7-11(8-17-12)14-9-13(10-15)5-3-4-6-13/h11,14-15H,3-10H2,1-2H3. The van der Waals surface area contributed by atoms with Gasteiger partial charge in [-0.15, -0.1) is 0 Å². The first-order chi connectivity index (χ1) is 8.05. The summed E-state index contributed by atoms with van der Waals surface area (Å²) in [4.78, 5) is 0. The summed E-state index contributed by atoms with van der Waals surface area (Å²) in [5.41, 5.74) is 0.104. The van der Waals surface area contributed by atoms with E-state index in [1.54, 1.807) is 0 Å². The molecule has 17 heavy (non-hydrogen) atoms. The van der Waals surface area contributed by atoms with Crippen LogP contribution in [0.5, 0.6) is 0 Å². The number of hydrogen-bond donors (Lipinski definition) is 2. The van der Waals surface area contributed by atoms with Gasteiger partial charge in [0, 0.05) is 18.6 Å². The predicted octanol–water partition coefficient (Wildman–Crippen LogP) is 1.28. The van der Waals surface area contributed by atoms with Gasteiger partial charge in [-0.2, -0.15) is 0 Å². The molecule has 1 heterocycles. The van der Waals surface area contributed by atoms with Crippen LogP contribution in [0.15, 0.2) is 0 Å². The zero-order valence-corrected chi connectivity index (χ0v) is 11.0. The van der Waals surface area contributed by atoms with Crippen LogP contribution in [0.2, 0.25) is 0 Å². The third kappa shape index (κ3) is 3.41. The van der Waals surface area contributed by atoms with Crippen molar-refractivity contribution in [2.24, 2.45) is 5.41 Å². The number of aliphatic hydroxyl groups excluding tert-OH is 1. The summed E-state index contributed by atoms with van der Waals surface area (Å²) < 4.78 is 11.2. The molecule has 0 spiro atoms. The molecule has 0 aromatic carbocycles. The largest absolute Gasteiger partial charge is 0.396 e. The molecule has 0 aromatic rings. The predicted molar refractivity (Wildman–Crippen MR) is 65.8 cm³/mol. The van der Waals surface area contributed by atoms with E-state index in [2.05, 4.69) is 5.32 Å². The van der Waals surface area contributed by atoms with Crippen molar-refractivity contribution in [1.29, 1.82) is 0 Å². The van der Waals surface area contributed by atoms with Gasteiger partial charge < -0.3 is 19.9 Å². The molecule has 0 bridgehead atoms. The Morgan fingerprint density at radius 2 is 1.76 bits per heavy atom. The van der Waals surface area contributed by atoms with Gasteiger partial charge in [-0.1, -0.05) is 12.8 Å². The van der Waals surface area contributed by atoms with Crippen molar-refractivity contribution >= 4 is 0 Å². The highest BCUT2D eigenvalue weighted by Crippen LogP contribution is 2.37. The van der Waals surface area contributed by atoms with E-state index in [0.29, 0.717) is 19.8 Å². The maximum atomic E-state index is 9.53. The number of rotatable bonds is 4. The van der Waals surface area contributed by atoms with Crippen LogP contribution in [0, 0.1) is 5.41 Å². The third-order valence-electron chi connectivity index (χ3n) is 4.03. The lowest BCUT2D eigenvalue weighted by atomic mass is 9.87. The van der Waals surface area contributed by atoms with Crippen LogP contribution in [-0.2, 0) is 9.47 Å². The van der Waals surface area contributed by atoms with Crippen LogP contribution in [-0.4, -0.2) is 43.3 Å². The molecule has 1 aliphatic heterocycles. The van der Waals surface area contributed by atoms with Crippen molar-refractivity contribution in [2.45, 2.75) is 51.4 Å². The molecule has 4 heteroatoms. The Balaban J connectivity index is 1.75. The fraction of sp³-hybridized carbons (Fsp3) is 1.00. The molecule has 4 nitrogen and oxygen atoms in total. The van der Waals surface area contributed by atoms with Crippen molar-refractivity contribution in [3.8, 4) is 0 Å². The van der Waals surface area contributed by atoms with Gasteiger partial charge in [0.1, 0.15) is 0 Å². The molecule has 2 fully saturated rings. The normalized spacial score (nSPS) is 28.4. The Morgan fingerprint density at radius 1 is 1.18 bits per heavy atom. The van der Waals surface area contributed by atoms with Crippen molar-refractivity contribution in [2.75, 3.05) is 26.4 Å². The lowest BCUT2D eigenvalue weighted by molar-refractivity contribution is -0.253. The van der Waals surface area contributed by atoms with Crippen molar-refractivity contribution < 1.29 is 14.6 Å². The molecule has 0 radical (unpaired) electrons. The summed E-state index contributed by atoms with van der Waals surface area (Å²) in [5.74, 6) is -0.444. The van der Waals surface area contributed by atoms with Gasteiger partial charge in [-0.25, -0.2) is 0 Å². The maximum absolute atomic E-state index is 9.53. The zero-order valence-electron chi connectivity index (χ0n) is 11.0. The summed E-state index contributed by atoms with van der Waals surface area (Å²) in [6, 6.07) is 0.257. The van der Waals surface area contributed by atoms with E-state index < -0.39 is 5.79 Å². The molecule has 1 aliphatic carbocycles. The molecule has 2 aliphatic rings. The molecule has 0 atom stereocenters. The summed E-state index contributed by atoms with van der Waals surface area (Å²) in [5, 5.41) is 13.0. The topological polar surface area (TPSA) is 50.7 Å². The van der Waals surface area contributed by atoms with Crippen LogP contribution < -0.4 is 5.32 Å². The Hall–Kier alpha value is -0.160. The average molecular weight is 243 g/mol. The zero-order chi connectivity index (χ0) is 12.4. The number of ether oxygens (including phenoxy) is 2. The maximum Gasteiger partial charge on any atom is 0.162 e. The average Bonchev–Trinajstić information content (AvgIpc) is 2.77. The molecule has 2 N–H and O–H groups in total. The smallest absolute Gasteiger partial charge is 0.162 e. The van der Waals surface area contributed by atoms with E-state index in [9.17, 15) is 5.11 Å². The van der Waals surface area contributed by atoms with Crippen LogP contribution >= 0.6 is 0 Å². The van der Waals surface area contributed by atoms with Crippen molar-refractivity contribution in [3.05, 3.63) is 0 Å². The molecule has 2 rings (SSSR count). The van der Waals surface area contributed by atoms with E-state index in [4.69, 9.17) is 9.47 Å². The Kier molecular flexibility index (Phi) is 4.08. The fourth-order valence-electron chi connectivity index (χ4n) is 2.69. The lowest BCUT2D eigenvalue weighted by Gasteiger charge is -2.37. The summed E-state index contributed by atoms with van der Waals surface area (Å²) in [7, 11) is 0. The van der Waals surface area contributed by atoms with Gasteiger partial charge in [0.2, 0.25) is 0 Å². The van der Waals surface area contributed by atoms with E-state index in [1.165, 1.54) is 12.8 Å². The van der Waals surface area contributed by atoms with Gasteiger partial charge in [0.05, 0.1) is 19.3 Å². The van der Waals surface area contributed by atoms with Crippen molar-refractivity contribution in [1.82, 2.24) is 5.32 Å². The lowest BCUT2D eigenvalue weighted by Crippen LogP contribution is -2.51. The van der Waals surface area contributed by atoms with Gasteiger partial charge >= 0.3 is 0 Å². The van der Waals surface area contributed by atoms with E-state index in [0.717, 1.165) is 19.4 Å². The highest BCUT2D eigenvalue weighted by atomic mass is 16.7. The Bertz CT molecular complexity index is 239. The molecular formula is C13H25NO3. The molecular weight excluding hydrogens is 218 g/mol. The fourth-order valence-corrected chi connectivity index (χ4v) is 2.69. The van der Waals surface area contributed by atoms with Crippen molar-refractivity contribution in [3.63, 3.8) is 0 Å². The van der Waals surface area contributed by atoms with Gasteiger partial charge in [-0.05, 0) is 26.7 Å². The molecule has 0 aromatic heterocycles. The summed E-state index contributed by atoms with van der Waals surface area (Å²) in [6.45, 7) is 6.43. The highest BCUT2D eigenvalue weighted by Gasteiger charge is 2.35. The first-order valence-electron chi connectivity index (χ1n) is 6.67. The minimum Gasteiger partial charge on any atom is -0.396 e. The van der Waals surface area contributed by atoms with E-state index in [-0.39, 0.29) is 11.5 Å². The second-order valence-corrected chi connectivity index (χ2v) is 5.96. The number of hydrogen-bond acceptors (Lipinski definition) is 4. The third-order valence-corrected chi connectivity index (χ3v) is 4.03. The van der Waals surface area contributed by atoms with Gasteiger partial charge in [0.15, 0.2) is 5.79 Å². The van der Waals surface area contributed by atoms with E-state index >= 15 is 0 Å². The number of nitrogens with one attached hydrogen (secondary N) is 1. The van der Waals surface area contributed by atoms with E-state index in [1.807, 2.05) is 13.8 Å². The first kappa shape index (κ1) is 13.3. The van der Waals surface area contributed by atoms with Crippen LogP contribution in [0.3, 0.4) is 0 Å². The molecule has 0 unspecified atom stereocenters. The minimum absolute atomic E-state index is 0.104. The second-order valence-electron chi connectivity index (χ2n) is 5.96. The monoisotopic (exact) mass is 243 g/mol. The molecule has 0 amide bonds. The second kappa shape index (κ2) is 5.22. The number of aliphatic hydroxyl groups is 1. The van der Waals surface area contributed by atoms with Gasteiger partial charge in [-0.3, -0.25) is 0 Å². The van der Waals surface area contributed by atoms with Crippen LogP contribution in [0.4, 0.5) is 0 Å². The first-order valence-corrected chi connectivity index (χ1v) is 6.67. The van der Waals surface area contributed by atoms with Crippen LogP contribution in [0.1, 0.15) is 39.5 Å². The Labute approximate surface area is 104 Å².